The maximum absolute atomic E-state index is 13.3. The van der Waals surface area contributed by atoms with E-state index in [0.29, 0.717) is 17.7 Å². The Hall–Kier alpha value is -3.11. The SMILES string of the molecule is CCC1(CC)NC(=O)N(CC(=O)N[C@@H](C(=O)OC)c2ccccc2C(F)(F)F)C1=O. The zero-order valence-electron chi connectivity index (χ0n) is 16.6. The molecule has 1 saturated heterocycles. The van der Waals surface area contributed by atoms with E-state index in [2.05, 4.69) is 15.4 Å². The first-order valence-corrected chi connectivity index (χ1v) is 9.18. The molecule has 0 bridgehead atoms. The summed E-state index contributed by atoms with van der Waals surface area (Å²) < 4.78 is 44.5. The molecule has 8 nitrogen and oxygen atoms in total. The highest BCUT2D eigenvalue weighted by atomic mass is 19.4. The van der Waals surface area contributed by atoms with Crippen molar-refractivity contribution in [2.75, 3.05) is 13.7 Å². The van der Waals surface area contributed by atoms with Crippen molar-refractivity contribution >= 4 is 23.8 Å². The van der Waals surface area contributed by atoms with Crippen LogP contribution in [0.4, 0.5) is 18.0 Å². The number of hydrogen-bond donors (Lipinski definition) is 2. The van der Waals surface area contributed by atoms with Crippen LogP contribution in [-0.4, -0.2) is 47.9 Å². The lowest BCUT2D eigenvalue weighted by Gasteiger charge is -2.24. The van der Waals surface area contributed by atoms with E-state index in [-0.39, 0.29) is 0 Å². The van der Waals surface area contributed by atoms with Crippen molar-refractivity contribution < 1.29 is 37.1 Å². The summed E-state index contributed by atoms with van der Waals surface area (Å²) >= 11 is 0. The van der Waals surface area contributed by atoms with Gasteiger partial charge in [0.25, 0.3) is 5.91 Å². The van der Waals surface area contributed by atoms with Crippen molar-refractivity contribution in [3.05, 3.63) is 35.4 Å². The number of amides is 4. The molecule has 1 atom stereocenters. The van der Waals surface area contributed by atoms with Gasteiger partial charge in [-0.1, -0.05) is 32.0 Å². The van der Waals surface area contributed by atoms with Crippen molar-refractivity contribution in [2.45, 2.75) is 44.4 Å². The van der Waals surface area contributed by atoms with Gasteiger partial charge < -0.3 is 15.4 Å². The number of benzene rings is 1. The molecule has 1 heterocycles. The molecule has 1 aliphatic rings. The van der Waals surface area contributed by atoms with Crippen molar-refractivity contribution in [2.24, 2.45) is 0 Å². The number of imide groups is 1. The van der Waals surface area contributed by atoms with Gasteiger partial charge in [0.05, 0.1) is 12.7 Å². The average Bonchev–Trinajstić information content (AvgIpc) is 2.95. The van der Waals surface area contributed by atoms with Crippen molar-refractivity contribution in [3.63, 3.8) is 0 Å². The highest BCUT2D eigenvalue weighted by molar-refractivity contribution is 6.09. The second-order valence-corrected chi connectivity index (χ2v) is 6.72. The monoisotopic (exact) mass is 429 g/mol. The highest BCUT2D eigenvalue weighted by Crippen LogP contribution is 2.35. The molecule has 0 aromatic heterocycles. The Kier molecular flexibility index (Phi) is 6.73. The Morgan fingerprint density at radius 3 is 2.30 bits per heavy atom. The van der Waals surface area contributed by atoms with Crippen LogP contribution in [0.3, 0.4) is 0 Å². The predicted octanol–water partition coefficient (Wildman–Crippen LogP) is 2.15. The van der Waals surface area contributed by atoms with Crippen LogP contribution in [0, 0.1) is 0 Å². The summed E-state index contributed by atoms with van der Waals surface area (Å²) in [6.07, 6.45) is -4.17. The molecule has 1 aromatic carbocycles. The number of methoxy groups -OCH3 is 1. The molecule has 0 aliphatic carbocycles. The van der Waals surface area contributed by atoms with Crippen LogP contribution in [0.2, 0.25) is 0 Å². The number of nitrogens with one attached hydrogen (secondary N) is 2. The molecule has 0 spiro atoms. The minimum Gasteiger partial charge on any atom is -0.467 e. The van der Waals surface area contributed by atoms with Gasteiger partial charge in [-0.3, -0.25) is 14.5 Å². The number of carbonyl (C=O) groups excluding carboxylic acids is 4. The summed E-state index contributed by atoms with van der Waals surface area (Å²) in [5.41, 5.74) is -2.77. The van der Waals surface area contributed by atoms with Gasteiger partial charge in [0, 0.05) is 0 Å². The number of nitrogens with zero attached hydrogens (tertiary/aromatic N) is 1. The molecular formula is C19H22F3N3O5. The summed E-state index contributed by atoms with van der Waals surface area (Å²) in [6, 6.07) is 1.67. The first-order chi connectivity index (χ1) is 14.0. The fourth-order valence-corrected chi connectivity index (χ4v) is 3.29. The van der Waals surface area contributed by atoms with E-state index in [1.165, 1.54) is 6.07 Å². The molecular weight excluding hydrogens is 407 g/mol. The van der Waals surface area contributed by atoms with Crippen LogP contribution < -0.4 is 10.6 Å². The van der Waals surface area contributed by atoms with Gasteiger partial charge in [0.1, 0.15) is 12.1 Å². The number of carbonyl (C=O) groups is 4. The molecule has 11 heteroatoms. The maximum Gasteiger partial charge on any atom is 0.416 e. The molecule has 0 radical (unpaired) electrons. The molecule has 30 heavy (non-hydrogen) atoms. The molecule has 2 rings (SSSR count). The largest absolute Gasteiger partial charge is 0.467 e. The third-order valence-corrected chi connectivity index (χ3v) is 5.07. The van der Waals surface area contributed by atoms with E-state index in [1.54, 1.807) is 13.8 Å². The smallest absolute Gasteiger partial charge is 0.416 e. The van der Waals surface area contributed by atoms with E-state index >= 15 is 0 Å². The first-order valence-electron chi connectivity index (χ1n) is 9.18. The summed E-state index contributed by atoms with van der Waals surface area (Å²) in [5, 5.41) is 4.68. The zero-order valence-corrected chi connectivity index (χ0v) is 16.6. The summed E-state index contributed by atoms with van der Waals surface area (Å²) in [4.78, 5) is 50.0. The fraction of sp³-hybridized carbons (Fsp3) is 0.474. The van der Waals surface area contributed by atoms with Gasteiger partial charge in [-0.25, -0.2) is 9.59 Å². The molecule has 0 saturated carbocycles. The van der Waals surface area contributed by atoms with Gasteiger partial charge in [0.2, 0.25) is 5.91 Å². The third kappa shape index (κ3) is 4.39. The second-order valence-electron chi connectivity index (χ2n) is 6.72. The second kappa shape index (κ2) is 8.72. The van der Waals surface area contributed by atoms with E-state index in [9.17, 15) is 32.3 Å². The fourth-order valence-electron chi connectivity index (χ4n) is 3.29. The quantitative estimate of drug-likeness (QED) is 0.511. The molecule has 0 unspecified atom stereocenters. The number of ether oxygens (including phenoxy) is 1. The lowest BCUT2D eigenvalue weighted by molar-refractivity contribution is -0.147. The van der Waals surface area contributed by atoms with Crippen molar-refractivity contribution in [3.8, 4) is 0 Å². The Morgan fingerprint density at radius 2 is 1.80 bits per heavy atom. The lowest BCUT2D eigenvalue weighted by Crippen LogP contribution is -2.47. The summed E-state index contributed by atoms with van der Waals surface area (Å²) in [7, 11) is 0.964. The number of rotatable bonds is 7. The van der Waals surface area contributed by atoms with Crippen molar-refractivity contribution in [1.29, 1.82) is 0 Å². The van der Waals surface area contributed by atoms with Gasteiger partial charge in [-0.2, -0.15) is 13.2 Å². The zero-order chi connectivity index (χ0) is 22.7. The summed E-state index contributed by atoms with van der Waals surface area (Å²) in [6.45, 7) is 2.65. The topological polar surface area (TPSA) is 105 Å². The highest BCUT2D eigenvalue weighted by Gasteiger charge is 2.49. The molecule has 164 valence electrons. The van der Waals surface area contributed by atoms with Crippen molar-refractivity contribution in [1.82, 2.24) is 15.5 Å². The van der Waals surface area contributed by atoms with E-state index in [0.717, 1.165) is 25.3 Å². The number of esters is 1. The number of hydrogen-bond acceptors (Lipinski definition) is 5. The Bertz CT molecular complexity index is 852. The van der Waals surface area contributed by atoms with Crippen LogP contribution in [0.5, 0.6) is 0 Å². The lowest BCUT2D eigenvalue weighted by atomic mass is 9.93. The summed E-state index contributed by atoms with van der Waals surface area (Å²) in [5.74, 6) is -2.74. The standard InChI is InChI=1S/C19H22F3N3O5/c1-4-18(5-2)16(28)25(17(29)24-18)10-13(26)23-14(15(27)30-3)11-8-6-7-9-12(11)19(20,21)22/h6-9,14H,4-5,10H2,1-3H3,(H,23,26)(H,24,29)/t14-/m1/s1. The normalized spacial score (nSPS) is 16.8. The number of halogens is 3. The molecule has 4 amide bonds. The van der Waals surface area contributed by atoms with Crippen LogP contribution in [0.25, 0.3) is 0 Å². The predicted molar refractivity (Wildman–Crippen MR) is 97.9 cm³/mol. The molecule has 1 aromatic rings. The number of urea groups is 1. The first kappa shape index (κ1) is 23.2. The minimum atomic E-state index is -4.78. The van der Waals surface area contributed by atoms with Crippen LogP contribution in [-0.2, 0) is 25.3 Å². The van der Waals surface area contributed by atoms with Gasteiger partial charge in [-0.15, -0.1) is 0 Å². The van der Waals surface area contributed by atoms with E-state index < -0.39 is 59.2 Å². The van der Waals surface area contributed by atoms with Crippen LogP contribution in [0.15, 0.2) is 24.3 Å². The van der Waals surface area contributed by atoms with Gasteiger partial charge in [-0.05, 0) is 24.5 Å². The van der Waals surface area contributed by atoms with E-state index in [4.69, 9.17) is 0 Å². The molecule has 2 N–H and O–H groups in total. The average molecular weight is 429 g/mol. The maximum atomic E-state index is 13.3. The number of alkyl halides is 3. The Balaban J connectivity index is 2.28. The minimum absolute atomic E-state index is 0.302. The van der Waals surface area contributed by atoms with Gasteiger partial charge in [0.15, 0.2) is 6.04 Å². The van der Waals surface area contributed by atoms with Gasteiger partial charge >= 0.3 is 18.2 Å². The van der Waals surface area contributed by atoms with E-state index in [1.807, 2.05) is 0 Å². The molecule has 1 aliphatic heterocycles. The Labute approximate surface area is 170 Å². The third-order valence-electron chi connectivity index (χ3n) is 5.07. The van der Waals surface area contributed by atoms with Crippen LogP contribution in [0.1, 0.15) is 43.9 Å². The van der Waals surface area contributed by atoms with Crippen LogP contribution >= 0.6 is 0 Å². The molecule has 1 fully saturated rings. The Morgan fingerprint density at radius 1 is 1.20 bits per heavy atom.